The van der Waals surface area contributed by atoms with Gasteiger partial charge < -0.3 is 9.84 Å². The molecule has 2 nitrogen and oxygen atoms in total. The lowest BCUT2D eigenvalue weighted by Crippen LogP contribution is -2.36. The molecule has 16 heavy (non-hydrogen) atoms. The Balaban J connectivity index is 2.41. The van der Waals surface area contributed by atoms with Crippen LogP contribution in [0, 0.1) is 11.8 Å². The Morgan fingerprint density at radius 1 is 1.25 bits per heavy atom. The van der Waals surface area contributed by atoms with Crippen molar-refractivity contribution in [2.75, 3.05) is 6.61 Å². The Hall–Kier alpha value is -0.0800. The number of ether oxygens (including phenoxy) is 1. The van der Waals surface area contributed by atoms with Gasteiger partial charge in [0.2, 0.25) is 0 Å². The van der Waals surface area contributed by atoms with Gasteiger partial charge in [-0.1, -0.05) is 32.6 Å². The Morgan fingerprint density at radius 2 is 1.88 bits per heavy atom. The summed E-state index contributed by atoms with van der Waals surface area (Å²) in [5.74, 6) is 1.16. The number of hydrogen-bond donors (Lipinski definition) is 1. The second-order valence-corrected chi connectivity index (χ2v) is 6.11. The first-order valence-electron chi connectivity index (χ1n) is 6.76. The van der Waals surface area contributed by atoms with E-state index in [0.29, 0.717) is 18.4 Å². The lowest BCUT2D eigenvalue weighted by molar-refractivity contribution is -0.0779. The average Bonchev–Trinajstić information content (AvgIpc) is 2.25. The molecule has 3 atom stereocenters. The minimum Gasteiger partial charge on any atom is -0.390 e. The molecule has 1 fully saturated rings. The van der Waals surface area contributed by atoms with Crippen LogP contribution < -0.4 is 0 Å². The highest BCUT2D eigenvalue weighted by Gasteiger charge is 2.30. The Bertz CT molecular complexity index is 195. The molecule has 0 aromatic rings. The van der Waals surface area contributed by atoms with Gasteiger partial charge in [-0.3, -0.25) is 0 Å². The van der Waals surface area contributed by atoms with E-state index in [0.717, 1.165) is 0 Å². The summed E-state index contributed by atoms with van der Waals surface area (Å²) in [5, 5.41) is 10.2. The van der Waals surface area contributed by atoms with Gasteiger partial charge in [0.05, 0.1) is 18.3 Å². The maximum absolute atomic E-state index is 10.2. The Labute approximate surface area is 100 Å². The zero-order chi connectivity index (χ0) is 12.2. The van der Waals surface area contributed by atoms with E-state index in [9.17, 15) is 5.11 Å². The topological polar surface area (TPSA) is 29.5 Å². The molecule has 0 amide bonds. The van der Waals surface area contributed by atoms with Crippen LogP contribution in [0.25, 0.3) is 0 Å². The highest BCUT2D eigenvalue weighted by atomic mass is 16.5. The van der Waals surface area contributed by atoms with E-state index in [4.69, 9.17) is 4.74 Å². The van der Waals surface area contributed by atoms with Gasteiger partial charge in [-0.2, -0.15) is 0 Å². The summed E-state index contributed by atoms with van der Waals surface area (Å²) in [7, 11) is 0. The van der Waals surface area contributed by atoms with Crippen molar-refractivity contribution in [3.63, 3.8) is 0 Å². The van der Waals surface area contributed by atoms with E-state index in [1.165, 1.54) is 32.1 Å². The quantitative estimate of drug-likeness (QED) is 0.799. The van der Waals surface area contributed by atoms with Crippen LogP contribution in [0.4, 0.5) is 0 Å². The van der Waals surface area contributed by atoms with Gasteiger partial charge in [0.25, 0.3) is 0 Å². The minimum atomic E-state index is -0.274. The van der Waals surface area contributed by atoms with Crippen LogP contribution in [-0.4, -0.2) is 23.4 Å². The molecule has 0 aliphatic heterocycles. The summed E-state index contributed by atoms with van der Waals surface area (Å²) in [6.45, 7) is 8.85. The fourth-order valence-corrected chi connectivity index (χ4v) is 2.71. The van der Waals surface area contributed by atoms with E-state index in [1.54, 1.807) is 0 Å². The number of rotatable bonds is 4. The molecule has 0 bridgehead atoms. The lowest BCUT2D eigenvalue weighted by Gasteiger charge is -2.35. The van der Waals surface area contributed by atoms with E-state index in [-0.39, 0.29) is 11.7 Å². The van der Waals surface area contributed by atoms with E-state index >= 15 is 0 Å². The molecular formula is C14H28O2. The molecule has 1 saturated carbocycles. The zero-order valence-corrected chi connectivity index (χ0v) is 11.3. The second-order valence-electron chi connectivity index (χ2n) is 6.11. The van der Waals surface area contributed by atoms with E-state index in [2.05, 4.69) is 6.92 Å². The molecule has 1 aliphatic rings. The molecule has 0 radical (unpaired) electrons. The van der Waals surface area contributed by atoms with Gasteiger partial charge >= 0.3 is 0 Å². The number of aliphatic hydroxyl groups excluding tert-OH is 1. The fraction of sp³-hybridized carbons (Fsp3) is 1.00. The molecule has 0 aromatic heterocycles. The molecule has 2 heteroatoms. The first-order chi connectivity index (χ1) is 7.44. The van der Waals surface area contributed by atoms with Crippen molar-refractivity contribution >= 4 is 0 Å². The highest BCUT2D eigenvalue weighted by molar-refractivity contribution is 4.80. The zero-order valence-electron chi connectivity index (χ0n) is 11.3. The normalized spacial score (nSPS) is 29.1. The van der Waals surface area contributed by atoms with Gasteiger partial charge in [-0.15, -0.1) is 0 Å². The first kappa shape index (κ1) is 14.0. The summed E-state index contributed by atoms with van der Waals surface area (Å²) in [6.07, 6.45) is 5.98. The summed E-state index contributed by atoms with van der Waals surface area (Å²) in [6, 6.07) is 0. The monoisotopic (exact) mass is 228 g/mol. The predicted molar refractivity (Wildman–Crippen MR) is 67.5 cm³/mol. The van der Waals surface area contributed by atoms with Crippen LogP contribution in [-0.2, 0) is 4.74 Å². The largest absolute Gasteiger partial charge is 0.390 e. The maximum atomic E-state index is 10.2. The molecule has 0 saturated heterocycles. The van der Waals surface area contributed by atoms with Crippen LogP contribution in [0.2, 0.25) is 0 Å². The van der Waals surface area contributed by atoms with Gasteiger partial charge in [-0.25, -0.2) is 0 Å². The van der Waals surface area contributed by atoms with Crippen molar-refractivity contribution < 1.29 is 9.84 Å². The van der Waals surface area contributed by atoms with Crippen molar-refractivity contribution in [3.8, 4) is 0 Å². The second kappa shape index (κ2) is 6.02. The van der Waals surface area contributed by atoms with Crippen LogP contribution in [0.3, 0.4) is 0 Å². The first-order valence-corrected chi connectivity index (χ1v) is 6.76. The molecule has 96 valence electrons. The Kier molecular flexibility index (Phi) is 5.26. The SMILES string of the molecule is CCC1CCCCC1C(O)COC(C)(C)C. The van der Waals surface area contributed by atoms with E-state index < -0.39 is 0 Å². The molecule has 0 aromatic carbocycles. The van der Waals surface area contributed by atoms with Gasteiger partial charge in [0.1, 0.15) is 0 Å². The molecule has 1 rings (SSSR count). The molecule has 1 N–H and O–H groups in total. The van der Waals surface area contributed by atoms with Crippen molar-refractivity contribution in [3.05, 3.63) is 0 Å². The summed E-state index contributed by atoms with van der Waals surface area (Å²) in [4.78, 5) is 0. The predicted octanol–water partition coefficient (Wildman–Crippen LogP) is 3.38. The molecule has 0 heterocycles. The van der Waals surface area contributed by atoms with Gasteiger partial charge in [-0.05, 0) is 39.0 Å². The van der Waals surface area contributed by atoms with Crippen LogP contribution in [0.5, 0.6) is 0 Å². The van der Waals surface area contributed by atoms with E-state index in [1.807, 2.05) is 20.8 Å². The third-order valence-electron chi connectivity index (χ3n) is 3.67. The fourth-order valence-electron chi connectivity index (χ4n) is 2.71. The van der Waals surface area contributed by atoms with Crippen LogP contribution in [0.1, 0.15) is 59.8 Å². The highest BCUT2D eigenvalue weighted by Crippen LogP contribution is 2.34. The smallest absolute Gasteiger partial charge is 0.0804 e. The van der Waals surface area contributed by atoms with Crippen molar-refractivity contribution in [1.82, 2.24) is 0 Å². The molecule has 1 aliphatic carbocycles. The third-order valence-corrected chi connectivity index (χ3v) is 3.67. The summed E-state index contributed by atoms with van der Waals surface area (Å²) in [5.41, 5.74) is -0.142. The standard InChI is InChI=1S/C14H28O2/c1-5-11-8-6-7-9-12(11)13(15)10-16-14(2,3)4/h11-13,15H,5-10H2,1-4H3. The van der Waals surface area contributed by atoms with Crippen molar-refractivity contribution in [2.45, 2.75) is 71.5 Å². The van der Waals surface area contributed by atoms with Crippen molar-refractivity contribution in [2.24, 2.45) is 11.8 Å². The minimum absolute atomic E-state index is 0.142. The number of aliphatic hydroxyl groups is 1. The third kappa shape index (κ3) is 4.42. The molecule has 0 spiro atoms. The molecular weight excluding hydrogens is 200 g/mol. The van der Waals surface area contributed by atoms with Crippen LogP contribution >= 0.6 is 0 Å². The lowest BCUT2D eigenvalue weighted by atomic mass is 9.75. The van der Waals surface area contributed by atoms with Gasteiger partial charge in [0.15, 0.2) is 0 Å². The molecule has 3 unspecified atom stereocenters. The Morgan fingerprint density at radius 3 is 2.44 bits per heavy atom. The van der Waals surface area contributed by atoms with Crippen LogP contribution in [0.15, 0.2) is 0 Å². The number of hydrogen-bond acceptors (Lipinski definition) is 2. The van der Waals surface area contributed by atoms with Gasteiger partial charge in [0, 0.05) is 0 Å². The maximum Gasteiger partial charge on any atom is 0.0804 e. The summed E-state index contributed by atoms with van der Waals surface area (Å²) < 4.78 is 5.69. The van der Waals surface area contributed by atoms with Crippen molar-refractivity contribution in [1.29, 1.82) is 0 Å². The summed E-state index contributed by atoms with van der Waals surface area (Å²) >= 11 is 0. The average molecular weight is 228 g/mol.